The van der Waals surface area contributed by atoms with Crippen LogP contribution in [0.1, 0.15) is 11.1 Å². The minimum atomic E-state index is 0.953. The maximum Gasteiger partial charge on any atom is 0.139 e. The van der Waals surface area contributed by atoms with Gasteiger partial charge >= 0.3 is 0 Å². The molecule has 0 saturated carbocycles. The monoisotopic (exact) mass is 282 g/mol. The van der Waals surface area contributed by atoms with E-state index in [4.69, 9.17) is 4.98 Å². The van der Waals surface area contributed by atoms with Gasteiger partial charge in [-0.05, 0) is 40.8 Å². The summed E-state index contributed by atoms with van der Waals surface area (Å²) in [6, 6.07) is 23.4. The molecule has 104 valence electrons. The summed E-state index contributed by atoms with van der Waals surface area (Å²) in [6.45, 7) is 0. The Bertz CT molecular complexity index is 978. The molecule has 0 radical (unpaired) electrons. The van der Waals surface area contributed by atoms with E-state index in [1.807, 2.05) is 18.2 Å². The maximum absolute atomic E-state index is 4.78. The molecule has 5 rings (SSSR count). The second-order valence-electron chi connectivity index (χ2n) is 5.78. The van der Waals surface area contributed by atoms with Crippen molar-refractivity contribution >= 4 is 11.0 Å². The lowest BCUT2D eigenvalue weighted by molar-refractivity contribution is 1.26. The molecule has 2 nitrogen and oxygen atoms in total. The molecule has 0 amide bonds. The molecule has 1 aliphatic rings. The first-order valence-electron chi connectivity index (χ1n) is 7.55. The first kappa shape index (κ1) is 11.8. The molecule has 0 unspecified atom stereocenters. The van der Waals surface area contributed by atoms with E-state index in [9.17, 15) is 0 Å². The molecular weight excluding hydrogens is 268 g/mol. The highest BCUT2D eigenvalue weighted by atomic mass is 14.9. The second-order valence-corrected chi connectivity index (χ2v) is 5.78. The zero-order valence-corrected chi connectivity index (χ0v) is 12.0. The highest BCUT2D eigenvalue weighted by Gasteiger charge is 2.22. The number of hydrogen-bond acceptors (Lipinski definition) is 1. The molecule has 0 fully saturated rings. The van der Waals surface area contributed by atoms with Crippen molar-refractivity contribution in [3.8, 4) is 22.5 Å². The lowest BCUT2D eigenvalue weighted by Crippen LogP contribution is -1.87. The van der Waals surface area contributed by atoms with Gasteiger partial charge in [-0.25, -0.2) is 4.98 Å². The summed E-state index contributed by atoms with van der Waals surface area (Å²) in [4.78, 5) is 8.24. The molecule has 3 aromatic carbocycles. The predicted molar refractivity (Wildman–Crippen MR) is 89.8 cm³/mol. The van der Waals surface area contributed by atoms with Crippen LogP contribution in [-0.4, -0.2) is 9.97 Å². The number of nitrogens with one attached hydrogen (secondary N) is 1. The maximum atomic E-state index is 4.78. The number of benzene rings is 3. The number of aromatic nitrogens is 2. The fourth-order valence-electron chi connectivity index (χ4n) is 3.47. The summed E-state index contributed by atoms with van der Waals surface area (Å²) in [6.07, 6.45) is 1.01. The number of para-hydroxylation sites is 2. The SMILES string of the molecule is c1ccc2c(c1)Cc1cccc(-c3nc4ccccc4[nH]3)c1-2. The Morgan fingerprint density at radius 1 is 0.727 bits per heavy atom. The van der Waals surface area contributed by atoms with Crippen molar-refractivity contribution in [2.24, 2.45) is 0 Å². The molecule has 1 heterocycles. The summed E-state index contributed by atoms with van der Waals surface area (Å²) >= 11 is 0. The smallest absolute Gasteiger partial charge is 0.139 e. The Kier molecular flexibility index (Phi) is 2.30. The van der Waals surface area contributed by atoms with Gasteiger partial charge in [0.05, 0.1) is 11.0 Å². The minimum absolute atomic E-state index is 0.953. The number of fused-ring (bicyclic) bond motifs is 4. The largest absolute Gasteiger partial charge is 0.338 e. The second kappa shape index (κ2) is 4.31. The topological polar surface area (TPSA) is 28.7 Å². The first-order chi connectivity index (χ1) is 10.9. The standard InChI is InChI=1S/C20H14N2/c1-2-8-15-13(6-1)12-14-7-5-9-16(19(14)15)20-21-17-10-3-4-11-18(17)22-20/h1-11H,12H2,(H,21,22). The third kappa shape index (κ3) is 1.58. The van der Waals surface area contributed by atoms with Crippen LogP contribution >= 0.6 is 0 Å². The van der Waals surface area contributed by atoms with Crippen LogP contribution in [0.15, 0.2) is 66.7 Å². The molecule has 0 aliphatic heterocycles. The normalized spacial score (nSPS) is 12.4. The van der Waals surface area contributed by atoms with E-state index in [0.29, 0.717) is 0 Å². The minimum Gasteiger partial charge on any atom is -0.338 e. The van der Waals surface area contributed by atoms with Crippen molar-refractivity contribution in [2.75, 3.05) is 0 Å². The van der Waals surface area contributed by atoms with E-state index in [-0.39, 0.29) is 0 Å². The number of nitrogens with zero attached hydrogens (tertiary/aromatic N) is 1. The Labute approximate surface area is 128 Å². The summed E-state index contributed by atoms with van der Waals surface area (Å²) < 4.78 is 0. The molecule has 4 aromatic rings. The zero-order valence-electron chi connectivity index (χ0n) is 12.0. The van der Waals surface area contributed by atoms with Gasteiger partial charge in [-0.15, -0.1) is 0 Å². The van der Waals surface area contributed by atoms with E-state index in [1.165, 1.54) is 27.8 Å². The molecular formula is C20H14N2. The van der Waals surface area contributed by atoms with Gasteiger partial charge in [-0.1, -0.05) is 54.6 Å². The molecule has 22 heavy (non-hydrogen) atoms. The lowest BCUT2D eigenvalue weighted by Gasteiger charge is -2.07. The summed E-state index contributed by atoms with van der Waals surface area (Å²) in [7, 11) is 0. The van der Waals surface area contributed by atoms with Crippen molar-refractivity contribution < 1.29 is 0 Å². The van der Waals surface area contributed by atoms with Crippen LogP contribution in [0, 0.1) is 0 Å². The van der Waals surface area contributed by atoms with Crippen molar-refractivity contribution in [3.05, 3.63) is 77.9 Å². The van der Waals surface area contributed by atoms with E-state index >= 15 is 0 Å². The number of hydrogen-bond donors (Lipinski definition) is 1. The van der Waals surface area contributed by atoms with Gasteiger partial charge in [0, 0.05) is 5.56 Å². The molecule has 1 aliphatic carbocycles. The Morgan fingerprint density at radius 3 is 2.45 bits per heavy atom. The fourth-order valence-corrected chi connectivity index (χ4v) is 3.47. The molecule has 0 saturated heterocycles. The molecule has 0 spiro atoms. The third-order valence-corrected chi connectivity index (χ3v) is 4.46. The highest BCUT2D eigenvalue weighted by Crippen LogP contribution is 2.42. The predicted octanol–water partition coefficient (Wildman–Crippen LogP) is 4.80. The van der Waals surface area contributed by atoms with Gasteiger partial charge in [0.25, 0.3) is 0 Å². The Hall–Kier alpha value is -2.87. The van der Waals surface area contributed by atoms with Gasteiger partial charge in [-0.2, -0.15) is 0 Å². The van der Waals surface area contributed by atoms with Gasteiger partial charge in [0.15, 0.2) is 0 Å². The van der Waals surface area contributed by atoms with Crippen LogP contribution in [0.4, 0.5) is 0 Å². The fraction of sp³-hybridized carbons (Fsp3) is 0.0500. The van der Waals surface area contributed by atoms with E-state index in [2.05, 4.69) is 53.5 Å². The van der Waals surface area contributed by atoms with E-state index in [0.717, 1.165) is 23.3 Å². The molecule has 0 atom stereocenters. The number of imidazole rings is 1. The number of H-pyrrole nitrogens is 1. The summed E-state index contributed by atoms with van der Waals surface area (Å²) in [5.41, 5.74) is 8.76. The summed E-state index contributed by atoms with van der Waals surface area (Å²) in [5.74, 6) is 0.953. The van der Waals surface area contributed by atoms with Crippen molar-refractivity contribution in [2.45, 2.75) is 6.42 Å². The number of aromatic amines is 1. The van der Waals surface area contributed by atoms with Crippen molar-refractivity contribution in [1.29, 1.82) is 0 Å². The van der Waals surface area contributed by atoms with E-state index < -0.39 is 0 Å². The van der Waals surface area contributed by atoms with Gasteiger partial charge in [0.2, 0.25) is 0 Å². The van der Waals surface area contributed by atoms with Crippen molar-refractivity contribution in [3.63, 3.8) is 0 Å². The molecule has 1 aromatic heterocycles. The highest BCUT2D eigenvalue weighted by molar-refractivity contribution is 5.90. The van der Waals surface area contributed by atoms with Crippen LogP contribution in [-0.2, 0) is 6.42 Å². The average Bonchev–Trinajstić information content (AvgIpc) is 3.15. The van der Waals surface area contributed by atoms with Crippen LogP contribution < -0.4 is 0 Å². The quantitative estimate of drug-likeness (QED) is 0.470. The third-order valence-electron chi connectivity index (χ3n) is 4.46. The summed E-state index contributed by atoms with van der Waals surface area (Å²) in [5, 5.41) is 0. The average molecular weight is 282 g/mol. The first-order valence-corrected chi connectivity index (χ1v) is 7.55. The molecule has 1 N–H and O–H groups in total. The lowest BCUT2D eigenvalue weighted by atomic mass is 9.99. The molecule has 0 bridgehead atoms. The van der Waals surface area contributed by atoms with Gasteiger partial charge in [0.1, 0.15) is 5.82 Å². The van der Waals surface area contributed by atoms with E-state index in [1.54, 1.807) is 0 Å². The van der Waals surface area contributed by atoms with Crippen LogP contribution in [0.25, 0.3) is 33.5 Å². The Balaban J connectivity index is 1.80. The molecule has 2 heteroatoms. The van der Waals surface area contributed by atoms with Gasteiger partial charge < -0.3 is 4.98 Å². The Morgan fingerprint density at radius 2 is 1.50 bits per heavy atom. The van der Waals surface area contributed by atoms with Crippen molar-refractivity contribution in [1.82, 2.24) is 9.97 Å². The van der Waals surface area contributed by atoms with Gasteiger partial charge in [-0.3, -0.25) is 0 Å². The van der Waals surface area contributed by atoms with Crippen LogP contribution in [0.3, 0.4) is 0 Å². The van der Waals surface area contributed by atoms with Crippen LogP contribution in [0.2, 0.25) is 0 Å². The van der Waals surface area contributed by atoms with Crippen LogP contribution in [0.5, 0.6) is 0 Å². The number of rotatable bonds is 1. The zero-order chi connectivity index (χ0) is 14.5.